The third-order valence-electron chi connectivity index (χ3n) is 1.51. The Labute approximate surface area is 61.9 Å². The van der Waals surface area contributed by atoms with Gasteiger partial charge in [0.1, 0.15) is 0 Å². The monoisotopic (exact) mass is 150 g/mol. The van der Waals surface area contributed by atoms with E-state index in [9.17, 15) is 4.79 Å². The second kappa shape index (κ2) is 1.91. The number of rotatable bonds is 0. The summed E-state index contributed by atoms with van der Waals surface area (Å²) >= 11 is 0. The molecule has 2 aromatic heterocycles. The highest BCUT2D eigenvalue weighted by Gasteiger charge is 1.99. The first kappa shape index (κ1) is 6.09. The van der Waals surface area contributed by atoms with E-state index in [-0.39, 0.29) is 5.69 Å². The minimum atomic E-state index is -0.173. The van der Waals surface area contributed by atoms with E-state index >= 15 is 0 Å². The first-order chi connectivity index (χ1) is 5.29. The first-order valence-corrected chi connectivity index (χ1v) is 3.15. The fraction of sp³-hybridized carbons (Fsp3) is 0.167. The molecule has 11 heavy (non-hydrogen) atoms. The van der Waals surface area contributed by atoms with E-state index in [2.05, 4.69) is 10.3 Å². The van der Waals surface area contributed by atoms with Crippen LogP contribution in [0.5, 0.6) is 0 Å². The van der Waals surface area contributed by atoms with Crippen molar-refractivity contribution in [2.24, 2.45) is 7.05 Å². The number of imidazole rings is 1. The molecule has 0 aliphatic carbocycles. The number of fused-ring (bicyclic) bond motifs is 1. The summed E-state index contributed by atoms with van der Waals surface area (Å²) in [4.78, 5) is 11.2. The van der Waals surface area contributed by atoms with Gasteiger partial charge in [-0.15, -0.1) is 5.10 Å². The lowest BCUT2D eigenvalue weighted by atomic mass is 10.5. The Morgan fingerprint density at radius 3 is 3.09 bits per heavy atom. The van der Waals surface area contributed by atoms with Crippen LogP contribution >= 0.6 is 0 Å². The largest absolute Gasteiger partial charge is 0.350 e. The third-order valence-corrected chi connectivity index (χ3v) is 1.51. The molecule has 0 aromatic carbocycles. The predicted octanol–water partition coefficient (Wildman–Crippen LogP) is -0.572. The summed E-state index contributed by atoms with van der Waals surface area (Å²) < 4.78 is 2.71. The zero-order valence-electron chi connectivity index (χ0n) is 5.93. The maximum atomic E-state index is 11.2. The van der Waals surface area contributed by atoms with Crippen molar-refractivity contribution < 1.29 is 0 Å². The van der Waals surface area contributed by atoms with E-state index in [0.29, 0.717) is 0 Å². The van der Waals surface area contributed by atoms with Crippen LogP contribution in [0.3, 0.4) is 0 Å². The fourth-order valence-electron chi connectivity index (χ4n) is 0.963. The van der Waals surface area contributed by atoms with Crippen molar-refractivity contribution in [3.8, 4) is 0 Å². The van der Waals surface area contributed by atoms with E-state index < -0.39 is 0 Å². The lowest BCUT2D eigenvalue weighted by Crippen LogP contribution is -2.18. The first-order valence-electron chi connectivity index (χ1n) is 3.15. The standard InChI is InChI=1S/C6H6N4O/c1-9-4-5-2-3-7-8-10(5)6(9)11/h2-4H,1H3. The zero-order valence-corrected chi connectivity index (χ0v) is 5.93. The quantitative estimate of drug-likeness (QED) is 0.505. The van der Waals surface area contributed by atoms with Crippen LogP contribution in [0.1, 0.15) is 0 Å². The van der Waals surface area contributed by atoms with Crippen molar-refractivity contribution in [3.63, 3.8) is 0 Å². The molecule has 0 N–H and O–H groups in total. The number of aryl methyl sites for hydroxylation is 1. The zero-order chi connectivity index (χ0) is 7.84. The molecule has 0 aliphatic heterocycles. The van der Waals surface area contributed by atoms with Gasteiger partial charge in [-0.1, -0.05) is 5.21 Å². The van der Waals surface area contributed by atoms with Crippen molar-refractivity contribution in [2.75, 3.05) is 0 Å². The average Bonchev–Trinajstić information content (AvgIpc) is 2.30. The highest BCUT2D eigenvalue weighted by atomic mass is 16.2. The maximum absolute atomic E-state index is 11.2. The highest BCUT2D eigenvalue weighted by molar-refractivity contribution is 5.41. The van der Waals surface area contributed by atoms with Crippen LogP contribution in [-0.2, 0) is 7.05 Å². The highest BCUT2D eigenvalue weighted by Crippen LogP contribution is 1.92. The minimum absolute atomic E-state index is 0.173. The molecule has 2 aromatic rings. The lowest BCUT2D eigenvalue weighted by molar-refractivity contribution is 0.734. The summed E-state index contributed by atoms with van der Waals surface area (Å²) in [7, 11) is 1.68. The van der Waals surface area contributed by atoms with Gasteiger partial charge in [0.15, 0.2) is 0 Å². The van der Waals surface area contributed by atoms with Crippen LogP contribution in [0.4, 0.5) is 0 Å². The number of aromatic nitrogens is 4. The number of hydrogen-bond acceptors (Lipinski definition) is 3. The van der Waals surface area contributed by atoms with E-state index in [1.807, 2.05) is 0 Å². The molecular weight excluding hydrogens is 144 g/mol. The van der Waals surface area contributed by atoms with Gasteiger partial charge < -0.3 is 4.57 Å². The molecule has 0 unspecified atom stereocenters. The summed E-state index contributed by atoms with van der Waals surface area (Å²) in [6.07, 6.45) is 3.26. The smallest absolute Gasteiger partial charge is 0.300 e. The summed E-state index contributed by atoms with van der Waals surface area (Å²) in [5.41, 5.74) is 0.584. The summed E-state index contributed by atoms with van der Waals surface area (Å²) in [6.45, 7) is 0. The Bertz CT molecular complexity index is 441. The summed E-state index contributed by atoms with van der Waals surface area (Å²) in [5, 5.41) is 7.22. The van der Waals surface area contributed by atoms with Gasteiger partial charge in [0.2, 0.25) is 0 Å². The second-order valence-corrected chi connectivity index (χ2v) is 2.28. The third kappa shape index (κ3) is 0.739. The average molecular weight is 150 g/mol. The van der Waals surface area contributed by atoms with Crippen LogP contribution in [0.2, 0.25) is 0 Å². The van der Waals surface area contributed by atoms with Gasteiger partial charge in [-0.2, -0.15) is 4.52 Å². The molecule has 0 atom stereocenters. The summed E-state index contributed by atoms with van der Waals surface area (Å²) in [5.74, 6) is 0. The Morgan fingerprint density at radius 2 is 2.36 bits per heavy atom. The molecule has 0 saturated carbocycles. The van der Waals surface area contributed by atoms with Gasteiger partial charge >= 0.3 is 5.69 Å². The van der Waals surface area contributed by atoms with Gasteiger partial charge in [0, 0.05) is 13.2 Å². The SMILES string of the molecule is Cn1cc2ccnnn2c1=O. The topological polar surface area (TPSA) is 52.2 Å². The molecule has 2 rings (SSSR count). The van der Waals surface area contributed by atoms with Crippen molar-refractivity contribution in [2.45, 2.75) is 0 Å². The number of nitrogens with zero attached hydrogens (tertiary/aromatic N) is 4. The minimum Gasteiger partial charge on any atom is -0.300 e. The molecular formula is C6H6N4O. The maximum Gasteiger partial charge on any atom is 0.350 e. The molecule has 0 bridgehead atoms. The van der Waals surface area contributed by atoms with E-state index in [4.69, 9.17) is 0 Å². The van der Waals surface area contributed by atoms with Crippen LogP contribution in [-0.4, -0.2) is 19.4 Å². The molecule has 0 aliphatic rings. The van der Waals surface area contributed by atoms with E-state index in [1.54, 1.807) is 25.5 Å². The van der Waals surface area contributed by atoms with Crippen LogP contribution in [0.25, 0.3) is 5.52 Å². The molecule has 0 saturated heterocycles. The van der Waals surface area contributed by atoms with Crippen molar-refractivity contribution >= 4 is 5.52 Å². The van der Waals surface area contributed by atoms with Gasteiger partial charge in [-0.05, 0) is 6.07 Å². The molecule has 0 amide bonds. The molecule has 2 heterocycles. The van der Waals surface area contributed by atoms with Crippen LogP contribution in [0.15, 0.2) is 23.3 Å². The van der Waals surface area contributed by atoms with Gasteiger partial charge in [0.05, 0.1) is 11.7 Å². The van der Waals surface area contributed by atoms with Crippen LogP contribution < -0.4 is 5.69 Å². The Morgan fingerprint density at radius 1 is 1.55 bits per heavy atom. The molecule has 0 spiro atoms. The Kier molecular flexibility index (Phi) is 1.06. The molecule has 5 nitrogen and oxygen atoms in total. The normalized spacial score (nSPS) is 10.6. The molecule has 0 fully saturated rings. The Balaban J connectivity index is 3.04. The lowest BCUT2D eigenvalue weighted by Gasteiger charge is -1.83. The summed E-state index contributed by atoms with van der Waals surface area (Å²) in [6, 6.07) is 1.73. The van der Waals surface area contributed by atoms with E-state index in [1.165, 1.54) is 9.08 Å². The molecule has 56 valence electrons. The predicted molar refractivity (Wildman–Crippen MR) is 38.2 cm³/mol. The van der Waals surface area contributed by atoms with Gasteiger partial charge in [-0.3, -0.25) is 0 Å². The van der Waals surface area contributed by atoms with Crippen molar-refractivity contribution in [3.05, 3.63) is 28.9 Å². The Hall–Kier alpha value is -1.65. The number of hydrogen-bond donors (Lipinski definition) is 0. The van der Waals surface area contributed by atoms with Gasteiger partial charge in [-0.25, -0.2) is 4.79 Å². The molecule has 5 heteroatoms. The van der Waals surface area contributed by atoms with Crippen molar-refractivity contribution in [1.82, 2.24) is 19.4 Å². The van der Waals surface area contributed by atoms with Crippen LogP contribution in [0, 0.1) is 0 Å². The van der Waals surface area contributed by atoms with Crippen molar-refractivity contribution in [1.29, 1.82) is 0 Å². The fourth-order valence-corrected chi connectivity index (χ4v) is 0.963. The molecule has 0 radical (unpaired) electrons. The van der Waals surface area contributed by atoms with Gasteiger partial charge in [0.25, 0.3) is 0 Å². The second-order valence-electron chi connectivity index (χ2n) is 2.28. The van der Waals surface area contributed by atoms with E-state index in [0.717, 1.165) is 5.52 Å².